The summed E-state index contributed by atoms with van der Waals surface area (Å²) in [6.45, 7) is 4.01. The number of carbonyl (C=O) groups excluding carboxylic acids is 1. The van der Waals surface area contributed by atoms with Crippen LogP contribution in [0.3, 0.4) is 0 Å². The Balaban J connectivity index is 2.06. The van der Waals surface area contributed by atoms with Gasteiger partial charge in [0.1, 0.15) is 0 Å². The van der Waals surface area contributed by atoms with Crippen molar-refractivity contribution < 1.29 is 4.79 Å². The Bertz CT molecular complexity index is 622. The highest BCUT2D eigenvalue weighted by molar-refractivity contribution is 7.12. The summed E-state index contributed by atoms with van der Waals surface area (Å²) in [4.78, 5) is 14.4. The smallest absolute Gasteiger partial charge is 0.251 e. The van der Waals surface area contributed by atoms with Gasteiger partial charge < -0.3 is 5.32 Å². The topological polar surface area (TPSA) is 52.9 Å². The van der Waals surface area contributed by atoms with E-state index in [9.17, 15) is 4.79 Å². The van der Waals surface area contributed by atoms with Gasteiger partial charge in [-0.15, -0.1) is 11.3 Å². The number of nitrogens with zero attached hydrogens (tertiary/aromatic N) is 1. The van der Waals surface area contributed by atoms with Crippen molar-refractivity contribution >= 4 is 17.2 Å². The first-order valence-corrected chi connectivity index (χ1v) is 6.79. The lowest BCUT2D eigenvalue weighted by Gasteiger charge is -2.12. The average Bonchev–Trinajstić information content (AvgIpc) is 2.85. The van der Waals surface area contributed by atoms with Crippen LogP contribution in [0.2, 0.25) is 0 Å². The van der Waals surface area contributed by atoms with E-state index in [-0.39, 0.29) is 11.9 Å². The molecule has 1 aromatic carbocycles. The van der Waals surface area contributed by atoms with Gasteiger partial charge in [-0.25, -0.2) is 0 Å². The van der Waals surface area contributed by atoms with E-state index < -0.39 is 0 Å². The molecule has 0 saturated carbocycles. The van der Waals surface area contributed by atoms with Crippen molar-refractivity contribution in [1.29, 1.82) is 5.26 Å². The summed E-state index contributed by atoms with van der Waals surface area (Å²) in [6, 6.07) is 12.7. The van der Waals surface area contributed by atoms with Crippen molar-refractivity contribution in [1.82, 2.24) is 5.32 Å². The normalized spacial score (nSPS) is 11.6. The number of hydrogen-bond acceptors (Lipinski definition) is 3. The van der Waals surface area contributed by atoms with Gasteiger partial charge in [0.05, 0.1) is 17.7 Å². The fourth-order valence-corrected chi connectivity index (χ4v) is 2.61. The second-order valence-corrected chi connectivity index (χ2v) is 5.65. The molecule has 1 unspecified atom stereocenters. The summed E-state index contributed by atoms with van der Waals surface area (Å²) in [6.07, 6.45) is 0. The molecule has 19 heavy (non-hydrogen) atoms. The molecule has 1 amide bonds. The van der Waals surface area contributed by atoms with Gasteiger partial charge in [0.25, 0.3) is 5.91 Å². The molecule has 0 bridgehead atoms. The van der Waals surface area contributed by atoms with E-state index in [1.54, 1.807) is 35.6 Å². The Morgan fingerprint density at radius 3 is 2.47 bits per heavy atom. The summed E-state index contributed by atoms with van der Waals surface area (Å²) in [7, 11) is 0. The first-order valence-electron chi connectivity index (χ1n) is 5.97. The van der Waals surface area contributed by atoms with Crippen molar-refractivity contribution in [3.05, 3.63) is 57.3 Å². The molecule has 0 aliphatic heterocycles. The van der Waals surface area contributed by atoms with E-state index in [2.05, 4.69) is 5.32 Å². The van der Waals surface area contributed by atoms with Crippen molar-refractivity contribution in [2.75, 3.05) is 0 Å². The molecule has 0 aliphatic rings. The van der Waals surface area contributed by atoms with Crippen LogP contribution >= 0.6 is 11.3 Å². The van der Waals surface area contributed by atoms with Gasteiger partial charge in [-0.3, -0.25) is 4.79 Å². The van der Waals surface area contributed by atoms with Crippen molar-refractivity contribution in [3.8, 4) is 6.07 Å². The second kappa shape index (κ2) is 5.68. The second-order valence-electron chi connectivity index (χ2n) is 4.33. The lowest BCUT2D eigenvalue weighted by Crippen LogP contribution is -2.26. The van der Waals surface area contributed by atoms with Gasteiger partial charge in [-0.2, -0.15) is 5.26 Å². The number of rotatable bonds is 3. The molecule has 96 valence electrons. The van der Waals surface area contributed by atoms with Gasteiger partial charge in [0.2, 0.25) is 0 Å². The van der Waals surface area contributed by atoms with Crippen molar-refractivity contribution in [2.24, 2.45) is 0 Å². The third-order valence-corrected chi connectivity index (χ3v) is 4.00. The predicted molar refractivity (Wildman–Crippen MR) is 76.1 cm³/mol. The molecule has 1 atom stereocenters. The minimum absolute atomic E-state index is 0.0122. The molecule has 1 heterocycles. The van der Waals surface area contributed by atoms with Gasteiger partial charge in [0, 0.05) is 15.3 Å². The molecule has 0 fully saturated rings. The summed E-state index contributed by atoms with van der Waals surface area (Å²) >= 11 is 1.68. The summed E-state index contributed by atoms with van der Waals surface area (Å²) in [5, 5.41) is 11.7. The van der Waals surface area contributed by atoms with Crippen LogP contribution in [0.25, 0.3) is 0 Å². The molecule has 4 heteroatoms. The van der Waals surface area contributed by atoms with Gasteiger partial charge in [-0.1, -0.05) is 0 Å². The van der Waals surface area contributed by atoms with Crippen LogP contribution in [0.1, 0.15) is 38.6 Å². The zero-order valence-corrected chi connectivity index (χ0v) is 11.6. The fraction of sp³-hybridized carbons (Fsp3) is 0.200. The number of nitriles is 1. The lowest BCUT2D eigenvalue weighted by molar-refractivity contribution is 0.0940. The van der Waals surface area contributed by atoms with E-state index >= 15 is 0 Å². The van der Waals surface area contributed by atoms with E-state index in [1.807, 2.05) is 32.0 Å². The highest BCUT2D eigenvalue weighted by Crippen LogP contribution is 2.22. The van der Waals surface area contributed by atoms with E-state index in [0.29, 0.717) is 11.1 Å². The molecule has 3 nitrogen and oxygen atoms in total. The maximum atomic E-state index is 12.0. The Labute approximate surface area is 116 Å². The zero-order chi connectivity index (χ0) is 13.8. The Kier molecular flexibility index (Phi) is 3.98. The quantitative estimate of drug-likeness (QED) is 0.929. The van der Waals surface area contributed by atoms with Crippen LogP contribution in [-0.4, -0.2) is 5.91 Å². The summed E-state index contributed by atoms with van der Waals surface area (Å²) in [5.74, 6) is -0.122. The number of aryl methyl sites for hydroxylation is 1. The van der Waals surface area contributed by atoms with Gasteiger partial charge >= 0.3 is 0 Å². The third-order valence-electron chi connectivity index (χ3n) is 2.81. The molecule has 0 saturated heterocycles. The van der Waals surface area contributed by atoms with Gasteiger partial charge in [-0.05, 0) is 50.2 Å². The number of amides is 1. The maximum absolute atomic E-state index is 12.0. The highest BCUT2D eigenvalue weighted by Gasteiger charge is 2.12. The number of carbonyl (C=O) groups is 1. The van der Waals surface area contributed by atoms with Gasteiger partial charge in [0.15, 0.2) is 0 Å². The number of benzene rings is 1. The maximum Gasteiger partial charge on any atom is 0.251 e. The van der Waals surface area contributed by atoms with Crippen LogP contribution < -0.4 is 5.32 Å². The van der Waals surface area contributed by atoms with Crippen molar-refractivity contribution in [2.45, 2.75) is 19.9 Å². The standard InChI is InChI=1S/C15H14N2OS/c1-10-3-8-14(19-10)11(2)17-15(18)13-6-4-12(9-16)5-7-13/h3-8,11H,1-2H3,(H,17,18). The van der Waals surface area contributed by atoms with E-state index in [4.69, 9.17) is 5.26 Å². The molecule has 1 N–H and O–H groups in total. The summed E-state index contributed by atoms with van der Waals surface area (Å²) < 4.78 is 0. The molecule has 0 spiro atoms. The van der Waals surface area contributed by atoms with Crippen LogP contribution in [0, 0.1) is 18.3 Å². The fourth-order valence-electron chi connectivity index (χ4n) is 1.73. The zero-order valence-electron chi connectivity index (χ0n) is 10.8. The Hall–Kier alpha value is -2.12. The molecular formula is C15H14N2OS. The van der Waals surface area contributed by atoms with E-state index in [0.717, 1.165) is 4.88 Å². The molecule has 0 radical (unpaired) electrons. The number of nitrogens with one attached hydrogen (secondary N) is 1. The third kappa shape index (κ3) is 3.21. The molecule has 2 rings (SSSR count). The minimum atomic E-state index is -0.122. The predicted octanol–water partition coefficient (Wildman–Crippen LogP) is 3.42. The average molecular weight is 270 g/mol. The molecule has 2 aromatic rings. The monoisotopic (exact) mass is 270 g/mol. The molecule has 1 aromatic heterocycles. The first kappa shape index (κ1) is 13.3. The number of hydrogen-bond donors (Lipinski definition) is 1. The largest absolute Gasteiger partial charge is 0.345 e. The van der Waals surface area contributed by atoms with E-state index in [1.165, 1.54) is 4.88 Å². The highest BCUT2D eigenvalue weighted by atomic mass is 32.1. The number of thiophene rings is 1. The van der Waals surface area contributed by atoms with Crippen LogP contribution in [0.4, 0.5) is 0 Å². The molecule has 0 aliphatic carbocycles. The lowest BCUT2D eigenvalue weighted by atomic mass is 10.1. The van der Waals surface area contributed by atoms with Crippen LogP contribution in [-0.2, 0) is 0 Å². The van der Waals surface area contributed by atoms with Crippen LogP contribution in [0.15, 0.2) is 36.4 Å². The Morgan fingerprint density at radius 2 is 1.95 bits per heavy atom. The van der Waals surface area contributed by atoms with Crippen LogP contribution in [0.5, 0.6) is 0 Å². The minimum Gasteiger partial charge on any atom is -0.345 e. The Morgan fingerprint density at radius 1 is 1.26 bits per heavy atom. The SMILES string of the molecule is Cc1ccc(C(C)NC(=O)c2ccc(C#N)cc2)s1. The molecular weight excluding hydrogens is 256 g/mol. The summed E-state index contributed by atoms with van der Waals surface area (Å²) in [5.41, 5.74) is 1.12. The first-order chi connectivity index (χ1) is 9.10. The van der Waals surface area contributed by atoms with Crippen molar-refractivity contribution in [3.63, 3.8) is 0 Å².